The van der Waals surface area contributed by atoms with E-state index in [9.17, 15) is 8.42 Å². The number of benzene rings is 1. The molecular weight excluding hydrogens is 264 g/mol. The second-order valence-corrected chi connectivity index (χ2v) is 5.88. The molecule has 0 fully saturated rings. The van der Waals surface area contributed by atoms with Crippen LogP contribution in [0.1, 0.15) is 6.92 Å². The molecular formula is C10H9ClN2O3S. The molecule has 0 saturated heterocycles. The van der Waals surface area contributed by atoms with E-state index >= 15 is 0 Å². The Morgan fingerprint density at radius 3 is 2.47 bits per heavy atom. The number of sulfone groups is 1. The van der Waals surface area contributed by atoms with E-state index in [0.717, 1.165) is 0 Å². The molecule has 0 spiro atoms. The highest BCUT2D eigenvalue weighted by Gasteiger charge is 2.20. The Kier molecular flexibility index (Phi) is 3.17. The van der Waals surface area contributed by atoms with Crippen LogP contribution in [0.3, 0.4) is 0 Å². The van der Waals surface area contributed by atoms with Crippen LogP contribution in [0.15, 0.2) is 33.9 Å². The van der Waals surface area contributed by atoms with Crippen LogP contribution in [0.4, 0.5) is 0 Å². The fraction of sp³-hybridized carbons (Fsp3) is 0.200. The van der Waals surface area contributed by atoms with Gasteiger partial charge >= 0.3 is 5.22 Å². The monoisotopic (exact) mass is 272 g/mol. The highest BCUT2D eigenvalue weighted by atomic mass is 35.5. The molecule has 17 heavy (non-hydrogen) atoms. The second-order valence-electron chi connectivity index (χ2n) is 3.28. The molecule has 90 valence electrons. The van der Waals surface area contributed by atoms with E-state index < -0.39 is 9.84 Å². The third kappa shape index (κ3) is 2.48. The predicted molar refractivity (Wildman–Crippen MR) is 62.5 cm³/mol. The average Bonchev–Trinajstić information content (AvgIpc) is 2.80. The summed E-state index contributed by atoms with van der Waals surface area (Å²) < 4.78 is 28.1. The van der Waals surface area contributed by atoms with Crippen molar-refractivity contribution in [3.63, 3.8) is 0 Å². The first-order valence-corrected chi connectivity index (χ1v) is 6.88. The first-order chi connectivity index (χ1) is 8.03. The normalized spacial score (nSPS) is 11.6. The van der Waals surface area contributed by atoms with Crippen LogP contribution < -0.4 is 0 Å². The molecule has 0 N–H and O–H groups in total. The summed E-state index contributed by atoms with van der Waals surface area (Å²) in [5.74, 6) is 0.0867. The molecule has 0 unspecified atom stereocenters. The van der Waals surface area contributed by atoms with Gasteiger partial charge in [0.25, 0.3) is 0 Å². The summed E-state index contributed by atoms with van der Waals surface area (Å²) in [7, 11) is -3.46. The van der Waals surface area contributed by atoms with Gasteiger partial charge in [0, 0.05) is 10.6 Å². The van der Waals surface area contributed by atoms with Gasteiger partial charge in [-0.3, -0.25) is 0 Å². The lowest BCUT2D eigenvalue weighted by Gasteiger charge is -1.94. The molecule has 1 aromatic carbocycles. The molecule has 1 aromatic heterocycles. The minimum absolute atomic E-state index is 0.0742. The molecule has 5 nitrogen and oxygen atoms in total. The van der Waals surface area contributed by atoms with E-state index in [-0.39, 0.29) is 16.9 Å². The number of aromatic nitrogens is 2. The molecule has 0 aliphatic carbocycles. The molecule has 0 aliphatic rings. The largest absolute Gasteiger partial charge is 0.408 e. The van der Waals surface area contributed by atoms with E-state index in [1.807, 2.05) is 0 Å². The second kappa shape index (κ2) is 4.46. The fourth-order valence-corrected chi connectivity index (χ4v) is 1.91. The van der Waals surface area contributed by atoms with Gasteiger partial charge in [0.1, 0.15) is 0 Å². The fourth-order valence-electron chi connectivity index (χ4n) is 1.17. The molecule has 0 aliphatic heterocycles. The van der Waals surface area contributed by atoms with Gasteiger partial charge in [0.05, 0.1) is 5.75 Å². The minimum Gasteiger partial charge on any atom is -0.408 e. The van der Waals surface area contributed by atoms with Gasteiger partial charge in [-0.05, 0) is 24.3 Å². The first-order valence-electron chi connectivity index (χ1n) is 4.85. The quantitative estimate of drug-likeness (QED) is 0.856. The molecule has 7 heteroatoms. The van der Waals surface area contributed by atoms with Crippen molar-refractivity contribution in [2.24, 2.45) is 0 Å². The van der Waals surface area contributed by atoms with E-state index in [2.05, 4.69) is 10.2 Å². The van der Waals surface area contributed by atoms with Gasteiger partial charge < -0.3 is 4.42 Å². The summed E-state index contributed by atoms with van der Waals surface area (Å²) in [5.41, 5.74) is 0.624. The van der Waals surface area contributed by atoms with E-state index in [4.69, 9.17) is 16.0 Å². The van der Waals surface area contributed by atoms with Crippen LogP contribution in [0, 0.1) is 0 Å². The van der Waals surface area contributed by atoms with Crippen LogP contribution in [0.5, 0.6) is 0 Å². The third-order valence-corrected chi connectivity index (χ3v) is 3.85. The van der Waals surface area contributed by atoms with Gasteiger partial charge in [0.2, 0.25) is 15.7 Å². The summed E-state index contributed by atoms with van der Waals surface area (Å²) >= 11 is 5.74. The van der Waals surface area contributed by atoms with Gasteiger partial charge in [-0.15, -0.1) is 5.10 Å². The molecule has 0 bridgehead atoms. The zero-order chi connectivity index (χ0) is 12.5. The van der Waals surface area contributed by atoms with Crippen molar-refractivity contribution in [1.82, 2.24) is 10.2 Å². The number of rotatable bonds is 3. The Hall–Kier alpha value is -1.40. The Morgan fingerprint density at radius 2 is 1.88 bits per heavy atom. The SMILES string of the molecule is CCS(=O)(=O)c1nnc(-c2ccc(Cl)cc2)o1. The van der Waals surface area contributed by atoms with E-state index in [1.165, 1.54) is 6.92 Å². The van der Waals surface area contributed by atoms with Gasteiger partial charge in [-0.1, -0.05) is 23.6 Å². The molecule has 0 amide bonds. The van der Waals surface area contributed by atoms with E-state index in [0.29, 0.717) is 10.6 Å². The Balaban J connectivity index is 2.40. The number of hydrogen-bond donors (Lipinski definition) is 0. The van der Waals surface area contributed by atoms with Gasteiger partial charge in [0.15, 0.2) is 0 Å². The van der Waals surface area contributed by atoms with Crippen molar-refractivity contribution in [2.45, 2.75) is 12.1 Å². The van der Waals surface area contributed by atoms with Crippen molar-refractivity contribution in [1.29, 1.82) is 0 Å². The third-order valence-electron chi connectivity index (χ3n) is 2.14. The number of hydrogen-bond acceptors (Lipinski definition) is 5. The van der Waals surface area contributed by atoms with Crippen molar-refractivity contribution >= 4 is 21.4 Å². The van der Waals surface area contributed by atoms with Crippen molar-refractivity contribution in [3.05, 3.63) is 29.3 Å². The van der Waals surface area contributed by atoms with Crippen LogP contribution in [0.2, 0.25) is 5.02 Å². The Labute approximate surface area is 103 Å². The summed E-state index contributed by atoms with van der Waals surface area (Å²) in [4.78, 5) is 0. The molecule has 0 saturated carbocycles. The smallest absolute Gasteiger partial charge is 0.335 e. The van der Waals surface area contributed by atoms with Crippen molar-refractivity contribution in [2.75, 3.05) is 5.75 Å². The topological polar surface area (TPSA) is 73.1 Å². The highest BCUT2D eigenvalue weighted by Crippen LogP contribution is 2.21. The lowest BCUT2D eigenvalue weighted by Crippen LogP contribution is -2.03. The van der Waals surface area contributed by atoms with Gasteiger partial charge in [-0.25, -0.2) is 8.42 Å². The minimum atomic E-state index is -3.46. The maximum Gasteiger partial charge on any atom is 0.335 e. The summed E-state index contributed by atoms with van der Waals surface area (Å²) in [6, 6.07) is 6.68. The van der Waals surface area contributed by atoms with E-state index in [1.54, 1.807) is 24.3 Å². The molecule has 0 atom stereocenters. The van der Waals surface area contributed by atoms with Crippen LogP contribution in [-0.4, -0.2) is 24.4 Å². The lowest BCUT2D eigenvalue weighted by molar-refractivity contribution is 0.440. The van der Waals surface area contributed by atoms with Crippen LogP contribution in [0.25, 0.3) is 11.5 Å². The molecule has 2 rings (SSSR count). The zero-order valence-corrected chi connectivity index (χ0v) is 10.5. The maximum absolute atomic E-state index is 11.5. The summed E-state index contributed by atoms with van der Waals surface area (Å²) in [5, 5.41) is 7.43. The Morgan fingerprint density at radius 1 is 1.24 bits per heavy atom. The summed E-state index contributed by atoms with van der Waals surface area (Å²) in [6.07, 6.45) is 0. The van der Waals surface area contributed by atoms with Crippen molar-refractivity contribution < 1.29 is 12.8 Å². The molecule has 0 radical (unpaired) electrons. The highest BCUT2D eigenvalue weighted by molar-refractivity contribution is 7.91. The number of halogens is 1. The van der Waals surface area contributed by atoms with Crippen LogP contribution in [-0.2, 0) is 9.84 Å². The maximum atomic E-state index is 11.5. The van der Waals surface area contributed by atoms with Crippen molar-refractivity contribution in [3.8, 4) is 11.5 Å². The molecule has 2 aromatic rings. The molecule has 1 heterocycles. The average molecular weight is 273 g/mol. The Bertz CT molecular complexity index is 619. The van der Waals surface area contributed by atoms with Gasteiger partial charge in [-0.2, -0.15) is 0 Å². The lowest BCUT2D eigenvalue weighted by atomic mass is 10.2. The summed E-state index contributed by atoms with van der Waals surface area (Å²) in [6.45, 7) is 1.52. The standard InChI is InChI=1S/C10H9ClN2O3S/c1-2-17(14,15)10-13-12-9(16-10)7-3-5-8(11)6-4-7/h3-6H,2H2,1H3. The zero-order valence-electron chi connectivity index (χ0n) is 8.92. The number of nitrogens with zero attached hydrogens (tertiary/aromatic N) is 2. The predicted octanol–water partition coefficient (Wildman–Crippen LogP) is 2.18. The first kappa shape index (κ1) is 12.1. The van der Waals surface area contributed by atoms with Crippen LogP contribution >= 0.6 is 11.6 Å².